The molecular weight excluding hydrogens is 202 g/mol. The molecular formula is C6H10BNaO6. The van der Waals surface area contributed by atoms with Crippen LogP contribution in [0.4, 0.5) is 0 Å². The summed E-state index contributed by atoms with van der Waals surface area (Å²) in [5.41, 5.74) is 0. The van der Waals surface area contributed by atoms with E-state index in [9.17, 15) is 14.4 Å². The van der Waals surface area contributed by atoms with Gasteiger partial charge in [0.05, 0.1) is 0 Å². The van der Waals surface area contributed by atoms with Gasteiger partial charge in [0, 0.05) is 13.8 Å². The van der Waals surface area contributed by atoms with Gasteiger partial charge < -0.3 is 4.74 Å². The Morgan fingerprint density at radius 3 is 1.93 bits per heavy atom. The maximum absolute atomic E-state index is 10.8. The van der Waals surface area contributed by atoms with Crippen LogP contribution in [0.15, 0.2) is 0 Å². The van der Waals surface area contributed by atoms with Gasteiger partial charge in [-0.3, -0.25) is 4.79 Å². The van der Waals surface area contributed by atoms with Crippen LogP contribution in [0.5, 0.6) is 0 Å². The summed E-state index contributed by atoms with van der Waals surface area (Å²) in [4.78, 5) is 39.3. The van der Waals surface area contributed by atoms with E-state index in [1.54, 1.807) is 0 Å². The molecule has 0 spiro atoms. The SMILES string of the molecule is BC(OC(C)=O)C(=O)OOC(C)=O.[NaH]. The topological polar surface area (TPSA) is 78.9 Å². The van der Waals surface area contributed by atoms with Crippen molar-refractivity contribution < 1.29 is 28.9 Å². The third-order valence-electron chi connectivity index (χ3n) is 0.916. The van der Waals surface area contributed by atoms with E-state index in [-0.39, 0.29) is 29.6 Å². The van der Waals surface area contributed by atoms with Crippen LogP contribution < -0.4 is 0 Å². The van der Waals surface area contributed by atoms with Crippen molar-refractivity contribution in [3.8, 4) is 0 Å². The summed E-state index contributed by atoms with van der Waals surface area (Å²) in [6.45, 7) is 2.22. The van der Waals surface area contributed by atoms with Gasteiger partial charge in [0.15, 0.2) is 13.8 Å². The van der Waals surface area contributed by atoms with E-state index in [0.29, 0.717) is 0 Å². The average molecular weight is 212 g/mol. The molecule has 1 atom stereocenters. The number of esters is 1. The first kappa shape index (κ1) is 15.9. The summed E-state index contributed by atoms with van der Waals surface area (Å²) in [7, 11) is 1.30. The molecule has 0 aliphatic carbocycles. The van der Waals surface area contributed by atoms with Gasteiger partial charge in [0.2, 0.25) is 0 Å². The molecule has 14 heavy (non-hydrogen) atoms. The molecule has 74 valence electrons. The van der Waals surface area contributed by atoms with Gasteiger partial charge >= 0.3 is 47.5 Å². The molecule has 0 amide bonds. The van der Waals surface area contributed by atoms with Crippen LogP contribution >= 0.6 is 0 Å². The van der Waals surface area contributed by atoms with Gasteiger partial charge in [-0.05, 0) is 0 Å². The molecule has 0 fully saturated rings. The Hall–Kier alpha value is -0.525. The van der Waals surface area contributed by atoms with Crippen LogP contribution in [-0.2, 0) is 28.9 Å². The van der Waals surface area contributed by atoms with Crippen molar-refractivity contribution in [3.05, 3.63) is 0 Å². The molecule has 0 aliphatic rings. The van der Waals surface area contributed by atoms with Gasteiger partial charge in [0.25, 0.3) is 0 Å². The normalized spacial score (nSPS) is 10.4. The Balaban J connectivity index is 0. The average Bonchev–Trinajstić information content (AvgIpc) is 1.98. The van der Waals surface area contributed by atoms with Gasteiger partial charge in [0.1, 0.15) is 0 Å². The molecule has 0 heterocycles. The van der Waals surface area contributed by atoms with Crippen molar-refractivity contribution >= 4 is 55.3 Å². The summed E-state index contributed by atoms with van der Waals surface area (Å²) >= 11 is 0. The number of hydrogen-bond acceptors (Lipinski definition) is 6. The summed E-state index contributed by atoms with van der Waals surface area (Å²) in [6, 6.07) is -1.09. The molecule has 0 saturated carbocycles. The van der Waals surface area contributed by atoms with Gasteiger partial charge in [-0.2, -0.15) is 0 Å². The second-order valence-electron chi connectivity index (χ2n) is 2.23. The second-order valence-corrected chi connectivity index (χ2v) is 2.23. The van der Waals surface area contributed by atoms with Crippen molar-refractivity contribution in [1.82, 2.24) is 0 Å². The van der Waals surface area contributed by atoms with Gasteiger partial charge in [-0.1, -0.05) is 0 Å². The Bertz CT molecular complexity index is 230. The third kappa shape index (κ3) is 8.09. The zero-order valence-corrected chi connectivity index (χ0v) is 7.53. The molecule has 0 N–H and O–H groups in total. The number of rotatable bonds is 2. The van der Waals surface area contributed by atoms with Crippen LogP contribution in [0.1, 0.15) is 13.8 Å². The number of hydrogen-bond donors (Lipinski definition) is 0. The number of carbonyl (C=O) groups is 3. The summed E-state index contributed by atoms with van der Waals surface area (Å²) in [5, 5.41) is 0. The van der Waals surface area contributed by atoms with Crippen LogP contribution in [0.25, 0.3) is 0 Å². The van der Waals surface area contributed by atoms with E-state index in [4.69, 9.17) is 0 Å². The molecule has 0 rings (SSSR count). The Labute approximate surface area is 104 Å². The Morgan fingerprint density at radius 2 is 1.57 bits per heavy atom. The van der Waals surface area contributed by atoms with Gasteiger partial charge in [-0.25, -0.2) is 19.4 Å². The van der Waals surface area contributed by atoms with Crippen molar-refractivity contribution in [1.29, 1.82) is 0 Å². The van der Waals surface area contributed by atoms with E-state index >= 15 is 0 Å². The first-order chi connectivity index (χ1) is 5.93. The zero-order chi connectivity index (χ0) is 10.4. The minimum absolute atomic E-state index is 0. The van der Waals surface area contributed by atoms with Crippen LogP contribution in [0.3, 0.4) is 0 Å². The molecule has 0 saturated heterocycles. The predicted octanol–water partition coefficient (Wildman–Crippen LogP) is -2.12. The molecule has 8 heteroatoms. The number of carbonyl (C=O) groups excluding carboxylic acids is 3. The molecule has 0 aromatic heterocycles. The molecule has 0 aromatic rings. The third-order valence-corrected chi connectivity index (χ3v) is 0.916. The fourth-order valence-corrected chi connectivity index (χ4v) is 0.465. The number of ether oxygens (including phenoxy) is 1. The van der Waals surface area contributed by atoms with E-state index in [0.717, 1.165) is 13.8 Å². The van der Waals surface area contributed by atoms with Gasteiger partial charge in [-0.15, -0.1) is 0 Å². The summed E-state index contributed by atoms with van der Waals surface area (Å²) < 4.78 is 4.44. The molecule has 0 aliphatic heterocycles. The van der Waals surface area contributed by atoms with E-state index in [1.807, 2.05) is 0 Å². The van der Waals surface area contributed by atoms with Crippen LogP contribution in [0.2, 0.25) is 0 Å². The first-order valence-electron chi connectivity index (χ1n) is 3.49. The molecule has 6 nitrogen and oxygen atoms in total. The molecule has 0 aromatic carbocycles. The predicted molar refractivity (Wildman–Crippen MR) is 49.1 cm³/mol. The van der Waals surface area contributed by atoms with Crippen LogP contribution in [0, 0.1) is 0 Å². The monoisotopic (exact) mass is 212 g/mol. The first-order valence-corrected chi connectivity index (χ1v) is 3.49. The van der Waals surface area contributed by atoms with Crippen molar-refractivity contribution in [2.45, 2.75) is 19.9 Å². The van der Waals surface area contributed by atoms with E-state index in [1.165, 1.54) is 7.85 Å². The van der Waals surface area contributed by atoms with Crippen molar-refractivity contribution in [2.75, 3.05) is 0 Å². The Morgan fingerprint density at radius 1 is 1.07 bits per heavy atom. The molecule has 0 bridgehead atoms. The minimum atomic E-state index is -1.09. The summed E-state index contributed by atoms with van der Waals surface area (Å²) in [5.74, 6) is -2.32. The molecule has 1 unspecified atom stereocenters. The van der Waals surface area contributed by atoms with E-state index < -0.39 is 23.9 Å². The Kier molecular flexibility index (Phi) is 8.92. The molecule has 0 radical (unpaired) electrons. The quantitative estimate of drug-likeness (QED) is 0.225. The fourth-order valence-electron chi connectivity index (χ4n) is 0.465. The van der Waals surface area contributed by atoms with Crippen molar-refractivity contribution in [3.63, 3.8) is 0 Å². The van der Waals surface area contributed by atoms with Crippen LogP contribution in [-0.4, -0.2) is 61.3 Å². The standard InChI is InChI=1S/C6H9BO6.Na.H/c1-3(8)11-5(7)6(10)13-12-4(2)9;;/h5H,7H2,1-2H3;;. The maximum atomic E-state index is 10.8. The second kappa shape index (κ2) is 7.84. The van der Waals surface area contributed by atoms with Crippen molar-refractivity contribution in [2.24, 2.45) is 0 Å². The fraction of sp³-hybridized carbons (Fsp3) is 0.500. The zero-order valence-electron chi connectivity index (χ0n) is 7.53. The van der Waals surface area contributed by atoms with E-state index in [2.05, 4.69) is 14.5 Å². The summed E-state index contributed by atoms with van der Waals surface area (Å²) in [6.07, 6.45) is 0.